The van der Waals surface area contributed by atoms with Crippen molar-refractivity contribution in [1.29, 1.82) is 0 Å². The zero-order valence-electron chi connectivity index (χ0n) is 14.1. The largest absolute Gasteiger partial charge is 0.299 e. The molecule has 1 aromatic rings. The van der Waals surface area contributed by atoms with Gasteiger partial charge < -0.3 is 0 Å². The molecule has 2 bridgehead atoms. The average Bonchev–Trinajstić information content (AvgIpc) is 2.83. The number of ketones is 1. The molecule has 0 heterocycles. The lowest BCUT2D eigenvalue weighted by atomic mass is 9.70. The number of carbonyl (C=O) groups is 1. The van der Waals surface area contributed by atoms with Crippen LogP contribution in [0.25, 0.3) is 0 Å². The Bertz CT molecular complexity index is 742. The van der Waals surface area contributed by atoms with E-state index in [-0.39, 0.29) is 17.0 Å². The minimum Gasteiger partial charge on any atom is -0.299 e. The Kier molecular flexibility index (Phi) is 4.56. The number of hydrogen-bond acceptors (Lipinski definition) is 3. The maximum atomic E-state index is 12.6. The van der Waals surface area contributed by atoms with Gasteiger partial charge >= 0.3 is 0 Å². The molecule has 0 aromatic heterocycles. The Balaban J connectivity index is 1.64. The van der Waals surface area contributed by atoms with Gasteiger partial charge in [0.15, 0.2) is 0 Å². The van der Waals surface area contributed by atoms with Gasteiger partial charge in [0.05, 0.1) is 5.75 Å². The zero-order valence-corrected chi connectivity index (χ0v) is 15.7. The van der Waals surface area contributed by atoms with Crippen molar-refractivity contribution in [1.82, 2.24) is 4.72 Å². The second kappa shape index (κ2) is 6.11. The molecule has 2 atom stereocenters. The number of carbonyl (C=O) groups excluding carboxylic acids is 1. The van der Waals surface area contributed by atoms with Gasteiger partial charge in [-0.25, -0.2) is 13.1 Å². The molecule has 2 saturated carbocycles. The molecule has 24 heavy (non-hydrogen) atoms. The third-order valence-corrected chi connectivity index (χ3v) is 7.99. The number of Topliss-reactive ketones (excluding diaryl/α,β-unsaturated/α-hetero) is 1. The smallest absolute Gasteiger partial charge is 0.212 e. The van der Waals surface area contributed by atoms with E-state index >= 15 is 0 Å². The Morgan fingerprint density at radius 3 is 2.46 bits per heavy atom. The van der Waals surface area contributed by atoms with E-state index in [4.69, 9.17) is 11.6 Å². The summed E-state index contributed by atoms with van der Waals surface area (Å²) in [4.78, 5) is 12.5. The first kappa shape index (κ1) is 17.9. The van der Waals surface area contributed by atoms with Crippen molar-refractivity contribution in [2.75, 3.05) is 12.3 Å². The summed E-state index contributed by atoms with van der Waals surface area (Å²) in [6.45, 7) is 4.44. The summed E-state index contributed by atoms with van der Waals surface area (Å²) in [6.07, 6.45) is 2.79. The summed E-state index contributed by atoms with van der Waals surface area (Å²) in [5.41, 5.74) is 0.0946. The van der Waals surface area contributed by atoms with Crippen molar-refractivity contribution in [2.24, 2.45) is 16.7 Å². The highest BCUT2D eigenvalue weighted by Crippen LogP contribution is 2.64. The minimum atomic E-state index is -3.49. The molecular weight excluding hydrogens is 346 g/mol. The summed E-state index contributed by atoms with van der Waals surface area (Å²) in [5, 5.41) is 0.663. The molecule has 2 aliphatic carbocycles. The van der Waals surface area contributed by atoms with E-state index in [2.05, 4.69) is 18.6 Å². The van der Waals surface area contributed by atoms with Crippen LogP contribution in [-0.4, -0.2) is 26.5 Å². The normalized spacial score (nSPS) is 28.5. The number of nitrogens with one attached hydrogen (secondary N) is 1. The van der Waals surface area contributed by atoms with Crippen LogP contribution in [0.3, 0.4) is 0 Å². The Morgan fingerprint density at radius 1 is 1.25 bits per heavy atom. The summed E-state index contributed by atoms with van der Waals surface area (Å²) < 4.78 is 27.8. The summed E-state index contributed by atoms with van der Waals surface area (Å²) in [6, 6.07) is 7.37. The van der Waals surface area contributed by atoms with Gasteiger partial charge in [0.2, 0.25) is 10.0 Å². The second-order valence-corrected chi connectivity index (χ2v) is 9.94. The van der Waals surface area contributed by atoms with Gasteiger partial charge in [-0.2, -0.15) is 0 Å². The van der Waals surface area contributed by atoms with Crippen molar-refractivity contribution >= 4 is 27.4 Å². The van der Waals surface area contributed by atoms with Crippen molar-refractivity contribution in [2.45, 2.75) is 39.5 Å². The number of sulfonamides is 1. The molecule has 0 spiro atoms. The Labute approximate surface area is 149 Å². The molecule has 1 N–H and O–H groups in total. The highest BCUT2D eigenvalue weighted by Gasteiger charge is 2.65. The Morgan fingerprint density at radius 2 is 1.92 bits per heavy atom. The van der Waals surface area contributed by atoms with Crippen LogP contribution in [0, 0.1) is 16.7 Å². The van der Waals surface area contributed by atoms with Crippen LogP contribution in [0.2, 0.25) is 5.02 Å². The lowest BCUT2D eigenvalue weighted by Crippen LogP contribution is -2.45. The van der Waals surface area contributed by atoms with E-state index in [1.165, 1.54) is 0 Å². The molecule has 0 unspecified atom stereocenters. The van der Waals surface area contributed by atoms with Crippen molar-refractivity contribution < 1.29 is 13.2 Å². The molecular formula is C18H24ClNO3S. The first-order valence-electron chi connectivity index (χ1n) is 8.41. The van der Waals surface area contributed by atoms with Gasteiger partial charge in [-0.05, 0) is 48.3 Å². The van der Waals surface area contributed by atoms with Crippen LogP contribution in [-0.2, 0) is 21.2 Å². The van der Waals surface area contributed by atoms with Crippen LogP contribution in [0.5, 0.6) is 0 Å². The minimum absolute atomic E-state index is 0.0804. The van der Waals surface area contributed by atoms with E-state index in [1.54, 1.807) is 12.1 Å². The number of halogens is 1. The molecule has 2 aliphatic rings. The second-order valence-electron chi connectivity index (χ2n) is 7.70. The first-order chi connectivity index (χ1) is 11.2. The van der Waals surface area contributed by atoms with E-state index in [0.29, 0.717) is 36.7 Å². The maximum Gasteiger partial charge on any atom is 0.212 e. The molecule has 4 nitrogen and oxygen atoms in total. The predicted molar refractivity (Wildman–Crippen MR) is 95.5 cm³/mol. The fourth-order valence-electron chi connectivity index (χ4n) is 4.49. The predicted octanol–water partition coefficient (Wildman–Crippen LogP) is 3.20. The monoisotopic (exact) mass is 369 g/mol. The van der Waals surface area contributed by atoms with E-state index in [9.17, 15) is 13.2 Å². The van der Waals surface area contributed by atoms with Crippen LogP contribution < -0.4 is 4.72 Å². The van der Waals surface area contributed by atoms with Crippen molar-refractivity contribution in [3.8, 4) is 0 Å². The zero-order chi connectivity index (χ0) is 17.6. The standard InChI is InChI=1S/C18H24ClNO3S/c1-17(2)14-7-9-18(17,16(21)11-14)12-24(22,23)20-10-8-13-3-5-15(19)6-4-13/h3-6,14,20H,7-12H2,1-2H3/t14-,18+/m1/s1. The fourth-order valence-corrected chi connectivity index (χ4v) is 6.45. The molecule has 0 aliphatic heterocycles. The average molecular weight is 370 g/mol. The summed E-state index contributed by atoms with van der Waals surface area (Å²) in [5.74, 6) is 0.379. The number of benzene rings is 1. The third-order valence-electron chi connectivity index (χ3n) is 6.22. The number of fused-ring (bicyclic) bond motifs is 2. The molecule has 0 amide bonds. The molecule has 3 rings (SSSR count). The lowest BCUT2D eigenvalue weighted by Gasteiger charge is -2.36. The number of hydrogen-bond donors (Lipinski definition) is 1. The van der Waals surface area contributed by atoms with Gasteiger partial charge in [-0.15, -0.1) is 0 Å². The van der Waals surface area contributed by atoms with Gasteiger partial charge in [0, 0.05) is 23.4 Å². The van der Waals surface area contributed by atoms with E-state index in [1.807, 2.05) is 12.1 Å². The molecule has 1 aromatic carbocycles. The highest BCUT2D eigenvalue weighted by molar-refractivity contribution is 7.89. The van der Waals surface area contributed by atoms with Gasteiger partial charge in [-0.3, -0.25) is 4.79 Å². The van der Waals surface area contributed by atoms with Gasteiger partial charge in [0.1, 0.15) is 5.78 Å². The first-order valence-corrected chi connectivity index (χ1v) is 10.4. The summed E-state index contributed by atoms with van der Waals surface area (Å²) >= 11 is 5.85. The SMILES string of the molecule is CC1(C)[C@@H]2CC[C@]1(CS(=O)(=O)NCCc1ccc(Cl)cc1)C(=O)C2. The number of rotatable bonds is 6. The fraction of sp³-hybridized carbons (Fsp3) is 0.611. The van der Waals surface area contributed by atoms with Gasteiger partial charge in [0.25, 0.3) is 0 Å². The van der Waals surface area contributed by atoms with Crippen LogP contribution >= 0.6 is 11.6 Å². The molecule has 0 radical (unpaired) electrons. The third kappa shape index (κ3) is 3.02. The summed E-state index contributed by atoms with van der Waals surface area (Å²) in [7, 11) is -3.49. The Hall–Kier alpha value is -0.910. The van der Waals surface area contributed by atoms with Gasteiger partial charge in [-0.1, -0.05) is 37.6 Å². The molecule has 6 heteroatoms. The topological polar surface area (TPSA) is 63.2 Å². The molecule has 0 saturated heterocycles. The van der Waals surface area contributed by atoms with Crippen molar-refractivity contribution in [3.63, 3.8) is 0 Å². The van der Waals surface area contributed by atoms with Crippen molar-refractivity contribution in [3.05, 3.63) is 34.9 Å². The molecule has 2 fully saturated rings. The van der Waals surface area contributed by atoms with Crippen LogP contribution in [0.1, 0.15) is 38.7 Å². The highest BCUT2D eigenvalue weighted by atomic mass is 35.5. The molecule has 132 valence electrons. The maximum absolute atomic E-state index is 12.6. The van der Waals surface area contributed by atoms with E-state index in [0.717, 1.165) is 12.0 Å². The quantitative estimate of drug-likeness (QED) is 0.837. The lowest BCUT2D eigenvalue weighted by molar-refractivity contribution is -0.128. The van der Waals surface area contributed by atoms with E-state index < -0.39 is 15.4 Å². The van der Waals surface area contributed by atoms with Crippen LogP contribution in [0.15, 0.2) is 24.3 Å². The van der Waals surface area contributed by atoms with Crippen LogP contribution in [0.4, 0.5) is 0 Å².